The van der Waals surface area contributed by atoms with E-state index >= 15 is 0 Å². The summed E-state index contributed by atoms with van der Waals surface area (Å²) >= 11 is 2.17. The number of halogens is 1. The Kier molecular flexibility index (Phi) is 6.44. The molecule has 4 aliphatic carbocycles. The van der Waals surface area contributed by atoms with Crippen LogP contribution in [0.25, 0.3) is 0 Å². The molecular weight excluding hydrogens is 517 g/mol. The van der Waals surface area contributed by atoms with E-state index in [-0.39, 0.29) is 29.0 Å². The summed E-state index contributed by atoms with van der Waals surface area (Å²) in [6.45, 7) is 11.3. The van der Waals surface area contributed by atoms with Crippen molar-refractivity contribution in [3.63, 3.8) is 0 Å². The van der Waals surface area contributed by atoms with E-state index in [2.05, 4.69) is 55.5 Å². The summed E-state index contributed by atoms with van der Waals surface area (Å²) in [6.07, 6.45) is 9.36. The van der Waals surface area contributed by atoms with Gasteiger partial charge in [0.05, 0.1) is 18.5 Å². The lowest BCUT2D eigenvalue weighted by Gasteiger charge is -2.63. The standard InChI is InChI=1S/C26H40INO4/c1-7-31-17(3)32-26(22(27)28)16(2)14-21-20-9-8-18-15-19(30-6)10-11-23(18,4)25(20,29)13-12-24(21,26)5/h8,15-17,20-21,28-29H,7,9-14H2,1-6H3/t16-,17?,20?,21?,23-,24-,25+,26?/m0/s1. The van der Waals surface area contributed by atoms with E-state index in [0.29, 0.717) is 16.2 Å². The van der Waals surface area contributed by atoms with Gasteiger partial charge in [0, 0.05) is 23.9 Å². The molecule has 5 nitrogen and oxygen atoms in total. The Bertz CT molecular complexity index is 842. The molecule has 0 heterocycles. The van der Waals surface area contributed by atoms with E-state index in [1.165, 1.54) is 5.57 Å². The van der Waals surface area contributed by atoms with Gasteiger partial charge in [-0.15, -0.1) is 0 Å². The molecule has 2 fully saturated rings. The minimum atomic E-state index is -0.744. The van der Waals surface area contributed by atoms with Crippen LogP contribution in [0.1, 0.15) is 73.1 Å². The van der Waals surface area contributed by atoms with Crippen molar-refractivity contribution in [1.29, 1.82) is 5.41 Å². The van der Waals surface area contributed by atoms with Gasteiger partial charge in [0.25, 0.3) is 0 Å². The topological polar surface area (TPSA) is 71.8 Å². The molecule has 2 N–H and O–H groups in total. The van der Waals surface area contributed by atoms with Crippen LogP contribution in [-0.2, 0) is 14.2 Å². The van der Waals surface area contributed by atoms with Crippen molar-refractivity contribution >= 4 is 26.3 Å². The van der Waals surface area contributed by atoms with Crippen molar-refractivity contribution in [2.75, 3.05) is 13.7 Å². The predicted molar refractivity (Wildman–Crippen MR) is 135 cm³/mol. The average Bonchev–Trinajstić information content (AvgIpc) is 2.96. The quantitative estimate of drug-likeness (QED) is 0.239. The normalized spacial score (nSPS) is 46.3. The second-order valence-corrected chi connectivity index (χ2v) is 12.0. The van der Waals surface area contributed by atoms with Crippen LogP contribution < -0.4 is 0 Å². The summed E-state index contributed by atoms with van der Waals surface area (Å²) in [5.41, 5.74) is -0.647. The molecular formula is C26H40INO4. The Hall–Kier alpha value is -0.440. The molecule has 4 rings (SSSR count). The predicted octanol–water partition coefficient (Wildman–Crippen LogP) is 6.00. The third-order valence-electron chi connectivity index (χ3n) is 9.81. The fourth-order valence-corrected chi connectivity index (χ4v) is 9.30. The van der Waals surface area contributed by atoms with Gasteiger partial charge in [-0.25, -0.2) is 0 Å². The van der Waals surface area contributed by atoms with Crippen molar-refractivity contribution < 1.29 is 19.3 Å². The Morgan fingerprint density at radius 2 is 2.00 bits per heavy atom. The number of aliphatic hydroxyl groups is 1. The van der Waals surface area contributed by atoms with Crippen LogP contribution in [0.3, 0.4) is 0 Å². The average molecular weight is 558 g/mol. The number of nitrogens with one attached hydrogen (secondary N) is 1. The zero-order valence-electron chi connectivity index (χ0n) is 20.5. The van der Waals surface area contributed by atoms with Gasteiger partial charge in [-0.3, -0.25) is 5.41 Å². The molecule has 0 radical (unpaired) electrons. The SMILES string of the molecule is CCOC(C)OC1(C(=N)I)[C@@H](C)CC2C3CC=C4C=C(OC)CC[C@]4(C)[C@@]3(O)CC[C@@]21C. The Morgan fingerprint density at radius 3 is 2.62 bits per heavy atom. The highest BCUT2D eigenvalue weighted by Gasteiger charge is 2.72. The van der Waals surface area contributed by atoms with Crippen LogP contribution >= 0.6 is 22.6 Å². The highest BCUT2D eigenvalue weighted by Crippen LogP contribution is 2.70. The first-order valence-electron chi connectivity index (χ1n) is 12.2. The number of hydrogen-bond donors (Lipinski definition) is 2. The van der Waals surface area contributed by atoms with Crippen molar-refractivity contribution in [2.45, 2.75) is 90.6 Å². The van der Waals surface area contributed by atoms with Gasteiger partial charge in [0.15, 0.2) is 6.29 Å². The Balaban J connectivity index is 1.75. The molecule has 4 unspecified atom stereocenters. The molecule has 0 amide bonds. The smallest absolute Gasteiger partial charge is 0.156 e. The first-order chi connectivity index (χ1) is 15.0. The van der Waals surface area contributed by atoms with Gasteiger partial charge >= 0.3 is 0 Å². The molecule has 0 spiro atoms. The van der Waals surface area contributed by atoms with E-state index in [0.717, 1.165) is 44.3 Å². The fraction of sp³-hybridized carbons (Fsp3) is 0.808. The van der Waals surface area contributed by atoms with E-state index in [4.69, 9.17) is 19.6 Å². The molecule has 180 valence electrons. The highest BCUT2D eigenvalue weighted by atomic mass is 127. The zero-order chi connectivity index (χ0) is 23.5. The fourth-order valence-electron chi connectivity index (χ4n) is 8.03. The van der Waals surface area contributed by atoms with E-state index < -0.39 is 11.2 Å². The maximum Gasteiger partial charge on any atom is 0.156 e. The number of hydrogen-bond acceptors (Lipinski definition) is 5. The van der Waals surface area contributed by atoms with Crippen molar-refractivity contribution in [3.05, 3.63) is 23.5 Å². The van der Waals surface area contributed by atoms with Crippen molar-refractivity contribution in [2.24, 2.45) is 28.6 Å². The van der Waals surface area contributed by atoms with E-state index in [9.17, 15) is 5.11 Å². The molecule has 2 saturated carbocycles. The maximum absolute atomic E-state index is 12.4. The molecule has 0 aromatic heterocycles. The van der Waals surface area contributed by atoms with Crippen LogP contribution in [0.15, 0.2) is 23.5 Å². The molecule has 4 aliphatic rings. The van der Waals surface area contributed by atoms with Crippen molar-refractivity contribution in [3.8, 4) is 0 Å². The number of rotatable bonds is 6. The molecule has 0 aromatic carbocycles. The lowest BCUT2D eigenvalue weighted by Crippen LogP contribution is -2.65. The summed E-state index contributed by atoms with van der Waals surface area (Å²) in [6, 6.07) is 0. The first-order valence-corrected chi connectivity index (χ1v) is 13.3. The van der Waals surface area contributed by atoms with Gasteiger partial charge in [-0.05, 0) is 97.9 Å². The highest BCUT2D eigenvalue weighted by molar-refractivity contribution is 14.1. The number of allylic oxidation sites excluding steroid dienone is 3. The Morgan fingerprint density at radius 1 is 1.28 bits per heavy atom. The molecule has 0 bridgehead atoms. The number of ether oxygens (including phenoxy) is 3. The molecule has 6 heteroatoms. The van der Waals surface area contributed by atoms with E-state index in [1.807, 2.05) is 13.8 Å². The molecule has 32 heavy (non-hydrogen) atoms. The van der Waals surface area contributed by atoms with Gasteiger partial charge in [-0.2, -0.15) is 0 Å². The van der Waals surface area contributed by atoms with Crippen LogP contribution in [0.4, 0.5) is 0 Å². The van der Waals surface area contributed by atoms with E-state index in [1.54, 1.807) is 7.11 Å². The molecule has 0 aromatic rings. The largest absolute Gasteiger partial charge is 0.501 e. The zero-order valence-corrected chi connectivity index (χ0v) is 22.6. The van der Waals surface area contributed by atoms with Crippen LogP contribution in [-0.4, -0.2) is 40.0 Å². The summed E-state index contributed by atoms with van der Waals surface area (Å²) in [5.74, 6) is 1.67. The molecule has 8 atom stereocenters. The first kappa shape index (κ1) is 24.7. The monoisotopic (exact) mass is 557 g/mol. The summed E-state index contributed by atoms with van der Waals surface area (Å²) in [5, 5.41) is 21.3. The second kappa shape index (κ2) is 8.35. The van der Waals surface area contributed by atoms with Crippen LogP contribution in [0, 0.1) is 34.0 Å². The summed E-state index contributed by atoms with van der Waals surface area (Å²) in [7, 11) is 1.74. The van der Waals surface area contributed by atoms with Gasteiger partial charge in [0.1, 0.15) is 9.32 Å². The summed E-state index contributed by atoms with van der Waals surface area (Å²) in [4.78, 5) is 0. The third-order valence-corrected chi connectivity index (χ3v) is 10.6. The Labute approximate surface area is 207 Å². The van der Waals surface area contributed by atoms with Crippen LogP contribution in [0.2, 0.25) is 0 Å². The number of methoxy groups -OCH3 is 1. The van der Waals surface area contributed by atoms with Crippen molar-refractivity contribution in [1.82, 2.24) is 0 Å². The minimum Gasteiger partial charge on any atom is -0.501 e. The van der Waals surface area contributed by atoms with Gasteiger partial charge in [0.2, 0.25) is 0 Å². The lowest BCUT2D eigenvalue weighted by molar-refractivity contribution is -0.240. The van der Waals surface area contributed by atoms with Gasteiger partial charge < -0.3 is 19.3 Å². The maximum atomic E-state index is 12.4. The number of fused-ring (bicyclic) bond motifs is 5. The van der Waals surface area contributed by atoms with Crippen LogP contribution in [0.5, 0.6) is 0 Å². The lowest BCUT2D eigenvalue weighted by atomic mass is 9.45. The molecule has 0 saturated heterocycles. The second-order valence-electron chi connectivity index (χ2n) is 10.9. The third kappa shape index (κ3) is 3.14. The van der Waals surface area contributed by atoms with Gasteiger partial charge in [-0.1, -0.05) is 26.8 Å². The summed E-state index contributed by atoms with van der Waals surface area (Å²) < 4.78 is 18.6. The molecule has 0 aliphatic heterocycles. The minimum absolute atomic E-state index is 0.165.